The van der Waals surface area contributed by atoms with Crippen LogP contribution in [0.3, 0.4) is 0 Å². The normalized spacial score (nSPS) is 19.0. The van der Waals surface area contributed by atoms with Gasteiger partial charge in [-0.15, -0.1) is 5.10 Å². The van der Waals surface area contributed by atoms with Gasteiger partial charge in [0.15, 0.2) is 11.5 Å². The van der Waals surface area contributed by atoms with Crippen molar-refractivity contribution in [2.75, 3.05) is 19.8 Å². The topological polar surface area (TPSA) is 85.3 Å². The van der Waals surface area contributed by atoms with Gasteiger partial charge < -0.3 is 19.4 Å². The summed E-state index contributed by atoms with van der Waals surface area (Å²) in [5.41, 5.74) is 3.23. The van der Waals surface area contributed by atoms with Crippen molar-refractivity contribution in [1.82, 2.24) is 24.9 Å². The Bertz CT molecular complexity index is 1520. The second kappa shape index (κ2) is 10.1. The van der Waals surface area contributed by atoms with E-state index < -0.39 is 0 Å². The summed E-state index contributed by atoms with van der Waals surface area (Å²) in [5, 5.41) is 8.92. The molecule has 6 rings (SSSR count). The third-order valence-electron chi connectivity index (χ3n) is 7.11. The molecule has 8 nitrogen and oxygen atoms in total. The Morgan fingerprint density at radius 1 is 1.21 bits per heavy atom. The third kappa shape index (κ3) is 4.56. The fourth-order valence-electron chi connectivity index (χ4n) is 5.19. The first-order valence-electron chi connectivity index (χ1n) is 12.3. The molecule has 1 N–H and O–H groups in total. The van der Waals surface area contributed by atoms with Crippen LogP contribution in [0.2, 0.25) is 5.02 Å². The maximum absolute atomic E-state index is 14.4. The Labute approximate surface area is 231 Å². The first kappa shape index (κ1) is 24.9. The number of benzene rings is 2. The van der Waals surface area contributed by atoms with Crippen LogP contribution in [0.1, 0.15) is 41.7 Å². The second-order valence-corrected chi connectivity index (χ2v) is 10.8. The molecular formula is C27H24BrClFN5O3. The Balaban J connectivity index is 1.19. The van der Waals surface area contributed by atoms with Crippen molar-refractivity contribution < 1.29 is 18.7 Å². The predicted octanol–water partition coefficient (Wildman–Crippen LogP) is 6.00. The summed E-state index contributed by atoms with van der Waals surface area (Å²) < 4.78 is 27.9. The van der Waals surface area contributed by atoms with Gasteiger partial charge in [0.1, 0.15) is 24.7 Å². The van der Waals surface area contributed by atoms with E-state index in [0.717, 1.165) is 29.7 Å². The number of carbonyl (C=O) groups excluding carboxylic acids is 1. The standard InChI is InChI=1S/C27H24BrClFN5O3/c1-15-8-16(23-14-35(33-32-23)24-3-2-18(28)11-22(24)30)4-5-34(15)27(36)20-13-31-12-19(20)17-9-21(29)26-25(10-17)37-6-7-38-26/h2-3,9-16,31H,4-8H2,1H3. The van der Waals surface area contributed by atoms with E-state index in [1.807, 2.05) is 17.9 Å². The third-order valence-corrected chi connectivity index (χ3v) is 7.88. The monoisotopic (exact) mass is 599 g/mol. The van der Waals surface area contributed by atoms with Crippen LogP contribution in [0.25, 0.3) is 16.8 Å². The van der Waals surface area contributed by atoms with Crippen LogP contribution < -0.4 is 9.47 Å². The number of aromatic amines is 1. The number of ether oxygens (including phenoxy) is 2. The lowest BCUT2D eigenvalue weighted by atomic mass is 9.88. The van der Waals surface area contributed by atoms with Crippen molar-refractivity contribution in [3.8, 4) is 28.3 Å². The molecule has 2 aromatic carbocycles. The highest BCUT2D eigenvalue weighted by Crippen LogP contribution is 2.42. The quantitative estimate of drug-likeness (QED) is 0.311. The van der Waals surface area contributed by atoms with Gasteiger partial charge in [-0.1, -0.05) is 32.7 Å². The van der Waals surface area contributed by atoms with Crippen LogP contribution in [0, 0.1) is 5.82 Å². The van der Waals surface area contributed by atoms with Crippen molar-refractivity contribution in [2.24, 2.45) is 0 Å². The number of likely N-dealkylation sites (tertiary alicyclic amines) is 1. The number of H-pyrrole nitrogens is 1. The minimum Gasteiger partial charge on any atom is -0.486 e. The summed E-state index contributed by atoms with van der Waals surface area (Å²) in [5.74, 6) is 0.776. The van der Waals surface area contributed by atoms with Crippen molar-refractivity contribution in [2.45, 2.75) is 31.7 Å². The molecule has 0 spiro atoms. The van der Waals surface area contributed by atoms with E-state index in [1.54, 1.807) is 36.8 Å². The highest BCUT2D eigenvalue weighted by Gasteiger charge is 2.33. The number of rotatable bonds is 4. The molecule has 0 saturated carbocycles. The van der Waals surface area contributed by atoms with Gasteiger partial charge in [-0.25, -0.2) is 9.07 Å². The smallest absolute Gasteiger partial charge is 0.256 e. The summed E-state index contributed by atoms with van der Waals surface area (Å²) in [4.78, 5) is 18.6. The molecule has 196 valence electrons. The summed E-state index contributed by atoms with van der Waals surface area (Å²) in [6.07, 6.45) is 6.75. The summed E-state index contributed by atoms with van der Waals surface area (Å²) in [6, 6.07) is 8.44. The van der Waals surface area contributed by atoms with Crippen LogP contribution in [0.15, 0.2) is 53.4 Å². The van der Waals surface area contributed by atoms with Crippen LogP contribution in [0.5, 0.6) is 11.5 Å². The highest BCUT2D eigenvalue weighted by molar-refractivity contribution is 9.10. The number of fused-ring (bicyclic) bond motifs is 1. The maximum atomic E-state index is 14.4. The zero-order valence-corrected chi connectivity index (χ0v) is 22.8. The van der Waals surface area contributed by atoms with Gasteiger partial charge in [-0.3, -0.25) is 4.79 Å². The van der Waals surface area contributed by atoms with E-state index in [0.29, 0.717) is 52.0 Å². The Morgan fingerprint density at radius 3 is 2.87 bits per heavy atom. The van der Waals surface area contributed by atoms with Gasteiger partial charge in [0.25, 0.3) is 5.91 Å². The number of piperidine rings is 1. The SMILES string of the molecule is CC1CC(c2cn(-c3ccc(Br)cc3F)nn2)CCN1C(=O)c1c[nH]cc1-c1cc(Cl)c2c(c1)OCCO2. The summed E-state index contributed by atoms with van der Waals surface area (Å²) in [6.45, 7) is 3.50. The maximum Gasteiger partial charge on any atom is 0.256 e. The van der Waals surface area contributed by atoms with Crippen LogP contribution in [-0.2, 0) is 0 Å². The highest BCUT2D eigenvalue weighted by atomic mass is 79.9. The molecule has 1 saturated heterocycles. The van der Waals surface area contributed by atoms with Gasteiger partial charge in [0.05, 0.1) is 22.5 Å². The van der Waals surface area contributed by atoms with Crippen molar-refractivity contribution >= 4 is 33.4 Å². The zero-order valence-electron chi connectivity index (χ0n) is 20.5. The Kier molecular flexibility index (Phi) is 6.61. The van der Waals surface area contributed by atoms with Crippen LogP contribution in [-0.4, -0.2) is 56.6 Å². The lowest BCUT2D eigenvalue weighted by Gasteiger charge is -2.37. The van der Waals surface area contributed by atoms with E-state index in [4.69, 9.17) is 21.1 Å². The van der Waals surface area contributed by atoms with E-state index in [2.05, 4.69) is 31.2 Å². The van der Waals surface area contributed by atoms with Gasteiger partial charge in [-0.2, -0.15) is 0 Å². The first-order chi connectivity index (χ1) is 18.4. The molecule has 2 aliphatic heterocycles. The second-order valence-electron chi connectivity index (χ2n) is 9.52. The predicted molar refractivity (Wildman–Crippen MR) is 144 cm³/mol. The van der Waals surface area contributed by atoms with E-state index in [1.165, 1.54) is 10.7 Å². The Hall–Kier alpha value is -3.37. The van der Waals surface area contributed by atoms with E-state index in [9.17, 15) is 9.18 Å². The molecular weight excluding hydrogens is 577 g/mol. The molecule has 1 fully saturated rings. The number of hydrogen-bond donors (Lipinski definition) is 1. The largest absolute Gasteiger partial charge is 0.486 e. The average Bonchev–Trinajstić information content (AvgIpc) is 3.59. The number of hydrogen-bond acceptors (Lipinski definition) is 5. The van der Waals surface area contributed by atoms with Crippen LogP contribution >= 0.6 is 27.5 Å². The van der Waals surface area contributed by atoms with Gasteiger partial charge in [-0.05, 0) is 55.7 Å². The van der Waals surface area contributed by atoms with E-state index in [-0.39, 0.29) is 23.7 Å². The number of amides is 1. The summed E-state index contributed by atoms with van der Waals surface area (Å²) >= 11 is 9.73. The van der Waals surface area contributed by atoms with Crippen molar-refractivity contribution in [1.29, 1.82) is 0 Å². The fraction of sp³-hybridized carbons (Fsp3) is 0.296. The molecule has 11 heteroatoms. The van der Waals surface area contributed by atoms with Crippen molar-refractivity contribution in [3.63, 3.8) is 0 Å². The molecule has 0 bridgehead atoms. The van der Waals surface area contributed by atoms with Gasteiger partial charge in [0, 0.05) is 40.9 Å². The van der Waals surface area contributed by atoms with Gasteiger partial charge >= 0.3 is 0 Å². The molecule has 4 aromatic rings. The fourth-order valence-corrected chi connectivity index (χ4v) is 5.79. The minimum absolute atomic E-state index is 0.0255. The molecule has 0 aliphatic carbocycles. The average molecular weight is 601 g/mol. The number of carbonyl (C=O) groups is 1. The van der Waals surface area contributed by atoms with Crippen molar-refractivity contribution in [3.05, 3.63) is 75.5 Å². The first-order valence-corrected chi connectivity index (χ1v) is 13.5. The van der Waals surface area contributed by atoms with E-state index >= 15 is 0 Å². The molecule has 2 aliphatic rings. The molecule has 1 amide bonds. The number of aromatic nitrogens is 4. The molecule has 38 heavy (non-hydrogen) atoms. The number of halogens is 3. The molecule has 2 atom stereocenters. The Morgan fingerprint density at radius 2 is 2.05 bits per heavy atom. The number of nitrogens with one attached hydrogen (secondary N) is 1. The molecule has 4 heterocycles. The molecule has 2 aromatic heterocycles. The number of nitrogens with zero attached hydrogens (tertiary/aromatic N) is 4. The summed E-state index contributed by atoms with van der Waals surface area (Å²) in [7, 11) is 0. The lowest BCUT2D eigenvalue weighted by molar-refractivity contribution is 0.0615. The zero-order chi connectivity index (χ0) is 26.4. The van der Waals surface area contributed by atoms with Crippen LogP contribution in [0.4, 0.5) is 4.39 Å². The molecule has 0 radical (unpaired) electrons. The minimum atomic E-state index is -0.383. The molecule has 2 unspecified atom stereocenters. The van der Waals surface area contributed by atoms with Gasteiger partial charge in [0.2, 0.25) is 0 Å². The lowest BCUT2D eigenvalue weighted by Crippen LogP contribution is -2.44.